The third-order valence-corrected chi connectivity index (χ3v) is 4.28. The van der Waals surface area contributed by atoms with Gasteiger partial charge in [-0.2, -0.15) is 0 Å². The molecule has 20 heavy (non-hydrogen) atoms. The number of nitrogens with zero attached hydrogens (tertiary/aromatic N) is 1. The summed E-state index contributed by atoms with van der Waals surface area (Å²) in [5.41, 5.74) is 0. The lowest BCUT2D eigenvalue weighted by atomic mass is 9.95. The molecule has 2 aliphatic heterocycles. The second-order valence-electron chi connectivity index (χ2n) is 6.11. The van der Waals surface area contributed by atoms with Gasteiger partial charge in [0.05, 0.1) is 12.7 Å². The Morgan fingerprint density at radius 2 is 2.10 bits per heavy atom. The van der Waals surface area contributed by atoms with Gasteiger partial charge in [0.2, 0.25) is 5.91 Å². The van der Waals surface area contributed by atoms with E-state index in [1.807, 2.05) is 0 Å². The van der Waals surface area contributed by atoms with Crippen LogP contribution in [-0.2, 0) is 9.53 Å². The van der Waals surface area contributed by atoms with Crippen molar-refractivity contribution in [2.75, 3.05) is 26.2 Å². The minimum atomic E-state index is 0.230. The van der Waals surface area contributed by atoms with Crippen molar-refractivity contribution >= 4 is 5.91 Å². The lowest BCUT2D eigenvalue weighted by Crippen LogP contribution is -2.45. The summed E-state index contributed by atoms with van der Waals surface area (Å²) in [4.78, 5) is 13.2. The molecule has 2 aliphatic rings. The molecular weight excluding hydrogens is 252 g/mol. The van der Waals surface area contributed by atoms with E-state index in [4.69, 9.17) is 4.74 Å². The molecule has 0 aliphatic carbocycles. The largest absolute Gasteiger partial charge is 0.376 e. The first-order chi connectivity index (χ1) is 9.56. The summed E-state index contributed by atoms with van der Waals surface area (Å²) in [5.74, 6) is 0.881. The predicted octanol–water partition coefficient (Wildman–Crippen LogP) is 2.43. The molecule has 4 nitrogen and oxygen atoms in total. The molecule has 1 N–H and O–H groups in total. The Labute approximate surface area is 124 Å². The van der Waals surface area contributed by atoms with Crippen LogP contribution in [-0.4, -0.2) is 49.2 Å². The zero-order valence-electron chi connectivity index (χ0n) is 13.7. The molecule has 0 saturated carbocycles. The predicted molar refractivity (Wildman–Crippen MR) is 82.8 cm³/mol. The summed E-state index contributed by atoms with van der Waals surface area (Å²) >= 11 is 0. The highest BCUT2D eigenvalue weighted by Crippen LogP contribution is 2.15. The van der Waals surface area contributed by atoms with Crippen LogP contribution < -0.4 is 5.32 Å². The van der Waals surface area contributed by atoms with Gasteiger partial charge in [-0.15, -0.1) is 0 Å². The smallest absolute Gasteiger partial charge is 0.220 e. The Bertz CT molecular complexity index is 282. The first-order valence-corrected chi connectivity index (χ1v) is 8.19. The van der Waals surface area contributed by atoms with Crippen molar-refractivity contribution in [3.63, 3.8) is 0 Å². The van der Waals surface area contributed by atoms with Gasteiger partial charge in [-0.25, -0.2) is 0 Å². The van der Waals surface area contributed by atoms with Gasteiger partial charge in [0, 0.05) is 32.1 Å². The molecule has 2 rings (SSSR count). The van der Waals surface area contributed by atoms with Gasteiger partial charge in [0.1, 0.15) is 0 Å². The fourth-order valence-corrected chi connectivity index (χ4v) is 2.66. The standard InChI is InChI=1S/C9H19NO.C7H13NO/c1-4-9-7-10(8(2)3)5-6-11-9;1-2-6-3-4-8-7(9)5-6/h8-9H,4-7H2,1-3H3;6H,2-5H2,1H3,(H,8,9). The molecule has 0 bridgehead atoms. The van der Waals surface area contributed by atoms with Gasteiger partial charge < -0.3 is 10.1 Å². The topological polar surface area (TPSA) is 41.6 Å². The molecule has 2 saturated heterocycles. The quantitative estimate of drug-likeness (QED) is 0.865. The van der Waals surface area contributed by atoms with E-state index in [2.05, 4.69) is 37.9 Å². The van der Waals surface area contributed by atoms with E-state index in [1.165, 1.54) is 6.42 Å². The fourth-order valence-electron chi connectivity index (χ4n) is 2.66. The van der Waals surface area contributed by atoms with Crippen LogP contribution in [0.1, 0.15) is 53.4 Å². The van der Waals surface area contributed by atoms with Crippen LogP contribution >= 0.6 is 0 Å². The molecule has 2 heterocycles. The van der Waals surface area contributed by atoms with E-state index in [1.54, 1.807) is 0 Å². The van der Waals surface area contributed by atoms with Crippen molar-refractivity contribution in [1.29, 1.82) is 0 Å². The van der Waals surface area contributed by atoms with Crippen molar-refractivity contribution < 1.29 is 9.53 Å². The summed E-state index contributed by atoms with van der Waals surface area (Å²) < 4.78 is 5.57. The van der Waals surface area contributed by atoms with Gasteiger partial charge >= 0.3 is 0 Å². The van der Waals surface area contributed by atoms with Crippen molar-refractivity contribution in [1.82, 2.24) is 10.2 Å². The number of rotatable bonds is 3. The van der Waals surface area contributed by atoms with Gasteiger partial charge in [-0.1, -0.05) is 20.3 Å². The third-order valence-electron chi connectivity index (χ3n) is 4.28. The molecule has 118 valence electrons. The molecule has 0 spiro atoms. The van der Waals surface area contributed by atoms with E-state index < -0.39 is 0 Å². The Morgan fingerprint density at radius 1 is 1.35 bits per heavy atom. The Morgan fingerprint density at radius 3 is 2.60 bits per heavy atom. The first kappa shape index (κ1) is 17.4. The Kier molecular flexibility index (Phi) is 8.15. The maximum atomic E-state index is 10.7. The number of carbonyl (C=O) groups is 1. The number of amides is 1. The van der Waals surface area contributed by atoms with Crippen LogP contribution in [0.25, 0.3) is 0 Å². The summed E-state index contributed by atoms with van der Waals surface area (Å²) in [6.45, 7) is 12.9. The fraction of sp³-hybridized carbons (Fsp3) is 0.938. The number of nitrogens with one attached hydrogen (secondary N) is 1. The highest BCUT2D eigenvalue weighted by molar-refractivity contribution is 5.76. The normalized spacial score (nSPS) is 27.8. The molecule has 4 heteroatoms. The van der Waals surface area contributed by atoms with E-state index >= 15 is 0 Å². The van der Waals surface area contributed by atoms with Gasteiger partial charge in [0.15, 0.2) is 0 Å². The van der Waals surface area contributed by atoms with Crippen molar-refractivity contribution in [3.8, 4) is 0 Å². The van der Waals surface area contributed by atoms with E-state index in [9.17, 15) is 4.79 Å². The van der Waals surface area contributed by atoms with E-state index in [0.29, 0.717) is 18.1 Å². The molecule has 0 radical (unpaired) electrons. The third kappa shape index (κ3) is 6.23. The van der Waals surface area contributed by atoms with Gasteiger partial charge in [0.25, 0.3) is 0 Å². The van der Waals surface area contributed by atoms with Crippen LogP contribution in [0.5, 0.6) is 0 Å². The highest BCUT2D eigenvalue weighted by atomic mass is 16.5. The average Bonchev–Trinajstić information content (AvgIpc) is 2.48. The van der Waals surface area contributed by atoms with Crippen LogP contribution in [0, 0.1) is 5.92 Å². The minimum absolute atomic E-state index is 0.230. The molecular formula is C16H32N2O2. The average molecular weight is 284 g/mol. The van der Waals surface area contributed by atoms with Crippen molar-refractivity contribution in [3.05, 3.63) is 0 Å². The second kappa shape index (κ2) is 9.35. The van der Waals surface area contributed by atoms with Crippen LogP contribution in [0.4, 0.5) is 0 Å². The lowest BCUT2D eigenvalue weighted by Gasteiger charge is -2.35. The monoisotopic (exact) mass is 284 g/mol. The maximum absolute atomic E-state index is 10.7. The lowest BCUT2D eigenvalue weighted by molar-refractivity contribution is -0.123. The molecule has 0 aromatic heterocycles. The van der Waals surface area contributed by atoms with Crippen LogP contribution in [0.2, 0.25) is 0 Å². The van der Waals surface area contributed by atoms with E-state index in [0.717, 1.165) is 45.5 Å². The summed E-state index contributed by atoms with van der Waals surface area (Å²) in [6, 6.07) is 0.674. The number of morpholine rings is 1. The number of ether oxygens (including phenoxy) is 1. The van der Waals surface area contributed by atoms with Crippen LogP contribution in [0.3, 0.4) is 0 Å². The molecule has 2 atom stereocenters. The summed E-state index contributed by atoms with van der Waals surface area (Å²) in [6.07, 6.45) is 4.68. The Balaban J connectivity index is 0.000000204. The zero-order valence-corrected chi connectivity index (χ0v) is 13.7. The van der Waals surface area contributed by atoms with E-state index in [-0.39, 0.29) is 5.91 Å². The highest BCUT2D eigenvalue weighted by Gasteiger charge is 2.20. The Hall–Kier alpha value is -0.610. The minimum Gasteiger partial charge on any atom is -0.376 e. The molecule has 2 fully saturated rings. The van der Waals surface area contributed by atoms with Gasteiger partial charge in [-0.3, -0.25) is 9.69 Å². The maximum Gasteiger partial charge on any atom is 0.220 e. The number of piperidine rings is 1. The first-order valence-electron chi connectivity index (χ1n) is 8.19. The summed E-state index contributed by atoms with van der Waals surface area (Å²) in [7, 11) is 0. The second-order valence-corrected chi connectivity index (χ2v) is 6.11. The van der Waals surface area contributed by atoms with Gasteiger partial charge in [-0.05, 0) is 32.6 Å². The molecule has 0 aromatic carbocycles. The summed E-state index contributed by atoms with van der Waals surface area (Å²) in [5, 5.41) is 2.81. The number of carbonyl (C=O) groups excluding carboxylic acids is 1. The van der Waals surface area contributed by atoms with Crippen molar-refractivity contribution in [2.24, 2.45) is 5.92 Å². The van der Waals surface area contributed by atoms with Crippen LogP contribution in [0.15, 0.2) is 0 Å². The SMILES string of the molecule is CCC1CCNC(=O)C1.CCC1CN(C(C)C)CCO1. The molecule has 0 aromatic rings. The molecule has 2 unspecified atom stereocenters. The zero-order chi connectivity index (χ0) is 15.0. The number of hydrogen-bond acceptors (Lipinski definition) is 3. The number of hydrogen-bond donors (Lipinski definition) is 1. The van der Waals surface area contributed by atoms with Crippen molar-refractivity contribution in [2.45, 2.75) is 65.5 Å². The molecule has 1 amide bonds.